The third kappa shape index (κ3) is 2.54. The summed E-state index contributed by atoms with van der Waals surface area (Å²) in [7, 11) is 0. The highest BCUT2D eigenvalue weighted by Gasteiger charge is 2.02. The van der Waals surface area contributed by atoms with Gasteiger partial charge in [-0.2, -0.15) is 10.2 Å². The van der Waals surface area contributed by atoms with Crippen LogP contribution in [0.15, 0.2) is 48.8 Å². The lowest BCUT2D eigenvalue weighted by Gasteiger charge is -2.04. The first-order valence-electron chi connectivity index (χ1n) is 6.42. The summed E-state index contributed by atoms with van der Waals surface area (Å²) in [5.41, 5.74) is 4.95. The summed E-state index contributed by atoms with van der Waals surface area (Å²) in [5.74, 6) is 0.778. The molecule has 0 unspecified atom stereocenters. The van der Waals surface area contributed by atoms with Crippen molar-refractivity contribution in [3.63, 3.8) is 0 Å². The van der Waals surface area contributed by atoms with Gasteiger partial charge in [0.25, 0.3) is 0 Å². The van der Waals surface area contributed by atoms with E-state index in [1.807, 2.05) is 62.6 Å². The minimum Gasteiger partial charge on any atom is -0.241 e. The average Bonchev–Trinajstić information content (AvgIpc) is 2.49. The van der Waals surface area contributed by atoms with Crippen LogP contribution in [0, 0.1) is 13.8 Å². The highest BCUT2D eigenvalue weighted by atomic mass is 15.1. The first kappa shape index (κ1) is 12.4. The van der Waals surface area contributed by atoms with Gasteiger partial charge in [-0.25, -0.2) is 9.97 Å². The summed E-state index contributed by atoms with van der Waals surface area (Å²) in [5, 5.41) is 8.26. The molecule has 20 heavy (non-hydrogen) atoms. The van der Waals surface area contributed by atoms with Gasteiger partial charge < -0.3 is 0 Å². The summed E-state index contributed by atoms with van der Waals surface area (Å²) in [6.45, 7) is 3.81. The Morgan fingerprint density at radius 1 is 0.650 bits per heavy atom. The summed E-state index contributed by atoms with van der Waals surface area (Å²) in [6.07, 6.45) is 3.67. The zero-order valence-electron chi connectivity index (χ0n) is 11.4. The predicted octanol–water partition coefficient (Wildman–Crippen LogP) is 3.22. The van der Waals surface area contributed by atoms with Gasteiger partial charge in [-0.3, -0.25) is 0 Å². The molecule has 4 heteroatoms. The molecule has 3 aromatic rings. The van der Waals surface area contributed by atoms with E-state index in [2.05, 4.69) is 20.2 Å². The maximum atomic E-state index is 4.21. The lowest BCUT2D eigenvalue weighted by molar-refractivity contribution is 0.987. The SMILES string of the molecule is Cc1ccc(-c2ccc(-c3cnc(C)nc3)cc2)nn1. The maximum absolute atomic E-state index is 4.21. The highest BCUT2D eigenvalue weighted by Crippen LogP contribution is 2.22. The topological polar surface area (TPSA) is 51.6 Å². The zero-order valence-corrected chi connectivity index (χ0v) is 11.4. The first-order chi connectivity index (χ1) is 9.72. The molecule has 2 heterocycles. The number of hydrogen-bond donors (Lipinski definition) is 0. The van der Waals surface area contributed by atoms with Crippen molar-refractivity contribution in [1.29, 1.82) is 0 Å². The largest absolute Gasteiger partial charge is 0.241 e. The fraction of sp³-hybridized carbons (Fsp3) is 0.125. The Morgan fingerprint density at radius 3 is 1.90 bits per heavy atom. The van der Waals surface area contributed by atoms with Gasteiger partial charge in [0.2, 0.25) is 0 Å². The molecule has 0 aliphatic heterocycles. The third-order valence-electron chi connectivity index (χ3n) is 3.09. The number of aromatic nitrogens is 4. The molecule has 4 nitrogen and oxygen atoms in total. The van der Waals surface area contributed by atoms with Gasteiger partial charge in [-0.15, -0.1) is 0 Å². The fourth-order valence-electron chi connectivity index (χ4n) is 1.93. The summed E-state index contributed by atoms with van der Waals surface area (Å²) in [4.78, 5) is 8.42. The molecule has 0 aliphatic carbocycles. The second kappa shape index (κ2) is 5.17. The van der Waals surface area contributed by atoms with Crippen LogP contribution in [0.25, 0.3) is 22.4 Å². The van der Waals surface area contributed by atoms with E-state index >= 15 is 0 Å². The van der Waals surface area contributed by atoms with E-state index in [1.54, 1.807) is 0 Å². The molecule has 0 spiro atoms. The summed E-state index contributed by atoms with van der Waals surface area (Å²) >= 11 is 0. The molecular weight excluding hydrogens is 248 g/mol. The molecule has 0 radical (unpaired) electrons. The van der Waals surface area contributed by atoms with Crippen LogP contribution in [0.3, 0.4) is 0 Å². The molecule has 0 saturated heterocycles. The Morgan fingerprint density at radius 2 is 1.30 bits per heavy atom. The lowest BCUT2D eigenvalue weighted by atomic mass is 10.1. The number of aryl methyl sites for hydroxylation is 2. The molecule has 0 bridgehead atoms. The highest BCUT2D eigenvalue weighted by molar-refractivity contribution is 5.67. The van der Waals surface area contributed by atoms with Gasteiger partial charge in [0.15, 0.2) is 0 Å². The molecule has 0 amide bonds. The van der Waals surface area contributed by atoms with Gasteiger partial charge in [-0.05, 0) is 31.5 Å². The number of nitrogens with zero attached hydrogens (tertiary/aromatic N) is 4. The van der Waals surface area contributed by atoms with Crippen LogP contribution in [-0.2, 0) is 0 Å². The number of benzene rings is 1. The van der Waals surface area contributed by atoms with E-state index in [-0.39, 0.29) is 0 Å². The van der Waals surface area contributed by atoms with Crippen LogP contribution < -0.4 is 0 Å². The smallest absolute Gasteiger partial charge is 0.125 e. The van der Waals surface area contributed by atoms with Crippen molar-refractivity contribution in [2.45, 2.75) is 13.8 Å². The van der Waals surface area contributed by atoms with Crippen LogP contribution in [-0.4, -0.2) is 20.2 Å². The minimum atomic E-state index is 0.778. The standard InChI is InChI=1S/C16H14N4/c1-11-3-8-16(20-19-11)14-6-4-13(5-7-14)15-9-17-12(2)18-10-15/h3-10H,1-2H3. The van der Waals surface area contributed by atoms with Crippen molar-refractivity contribution in [3.8, 4) is 22.4 Å². The van der Waals surface area contributed by atoms with Crippen molar-refractivity contribution >= 4 is 0 Å². The molecule has 2 aromatic heterocycles. The second-order valence-corrected chi connectivity index (χ2v) is 4.66. The van der Waals surface area contributed by atoms with Gasteiger partial charge in [0.05, 0.1) is 11.4 Å². The van der Waals surface area contributed by atoms with Crippen LogP contribution in [0.2, 0.25) is 0 Å². The zero-order chi connectivity index (χ0) is 13.9. The fourth-order valence-corrected chi connectivity index (χ4v) is 1.93. The Labute approximate surface area is 117 Å². The number of rotatable bonds is 2. The quantitative estimate of drug-likeness (QED) is 0.711. The molecule has 0 fully saturated rings. The molecule has 3 rings (SSSR count). The monoisotopic (exact) mass is 262 g/mol. The summed E-state index contributed by atoms with van der Waals surface area (Å²) < 4.78 is 0. The van der Waals surface area contributed by atoms with Crippen molar-refractivity contribution < 1.29 is 0 Å². The van der Waals surface area contributed by atoms with Gasteiger partial charge in [0, 0.05) is 23.5 Å². The van der Waals surface area contributed by atoms with E-state index in [0.717, 1.165) is 33.9 Å². The molecule has 98 valence electrons. The van der Waals surface area contributed by atoms with E-state index in [0.29, 0.717) is 0 Å². The van der Waals surface area contributed by atoms with Crippen LogP contribution >= 0.6 is 0 Å². The van der Waals surface area contributed by atoms with Crippen LogP contribution in [0.5, 0.6) is 0 Å². The van der Waals surface area contributed by atoms with Crippen molar-refractivity contribution in [2.75, 3.05) is 0 Å². The molecule has 0 N–H and O–H groups in total. The second-order valence-electron chi connectivity index (χ2n) is 4.66. The molecule has 1 aromatic carbocycles. The lowest BCUT2D eigenvalue weighted by Crippen LogP contribution is -1.90. The van der Waals surface area contributed by atoms with Gasteiger partial charge >= 0.3 is 0 Å². The van der Waals surface area contributed by atoms with Crippen LogP contribution in [0.4, 0.5) is 0 Å². The Hall–Kier alpha value is -2.62. The molecular formula is C16H14N4. The van der Waals surface area contributed by atoms with Crippen molar-refractivity contribution in [3.05, 3.63) is 60.3 Å². The average molecular weight is 262 g/mol. The Kier molecular flexibility index (Phi) is 3.21. The Balaban J connectivity index is 1.91. The van der Waals surface area contributed by atoms with E-state index in [4.69, 9.17) is 0 Å². The number of hydrogen-bond acceptors (Lipinski definition) is 4. The van der Waals surface area contributed by atoms with Crippen molar-refractivity contribution in [2.24, 2.45) is 0 Å². The third-order valence-corrected chi connectivity index (χ3v) is 3.09. The predicted molar refractivity (Wildman–Crippen MR) is 78.0 cm³/mol. The molecule has 0 saturated carbocycles. The van der Waals surface area contributed by atoms with E-state index < -0.39 is 0 Å². The van der Waals surface area contributed by atoms with Crippen molar-refractivity contribution in [1.82, 2.24) is 20.2 Å². The first-order valence-corrected chi connectivity index (χ1v) is 6.42. The maximum Gasteiger partial charge on any atom is 0.125 e. The molecule has 0 aliphatic rings. The van der Waals surface area contributed by atoms with Gasteiger partial charge in [0.1, 0.15) is 5.82 Å². The summed E-state index contributed by atoms with van der Waals surface area (Å²) in [6, 6.07) is 12.1. The normalized spacial score (nSPS) is 10.5. The van der Waals surface area contributed by atoms with Crippen LogP contribution in [0.1, 0.15) is 11.5 Å². The van der Waals surface area contributed by atoms with E-state index in [1.165, 1.54) is 0 Å². The van der Waals surface area contributed by atoms with Gasteiger partial charge in [-0.1, -0.05) is 24.3 Å². The minimum absolute atomic E-state index is 0.778. The molecule has 0 atom stereocenters. The Bertz CT molecular complexity index is 636. The van der Waals surface area contributed by atoms with E-state index in [9.17, 15) is 0 Å².